The number of halogens is 4. The maximum Gasteiger partial charge on any atom is 0.433 e. The molecule has 0 amide bonds. The molecular weight excluding hydrogens is 239 g/mol. The number of rotatable bonds is 1. The number of alkyl halides is 3. The van der Waals surface area contributed by atoms with E-state index in [1.54, 1.807) is 0 Å². The monoisotopic (exact) mass is 241 g/mol. The summed E-state index contributed by atoms with van der Waals surface area (Å²) in [5, 5.41) is 9.44. The second-order valence-electron chi connectivity index (χ2n) is 2.49. The van der Waals surface area contributed by atoms with Gasteiger partial charge >= 0.3 is 11.9 Å². The van der Waals surface area contributed by atoms with Gasteiger partial charge in [0.1, 0.15) is 11.4 Å². The fraction of sp³-hybridized carbons (Fsp3) is 0.167. The summed E-state index contributed by atoms with van der Waals surface area (Å²) in [7, 11) is 0. The van der Waals surface area contributed by atoms with Crippen LogP contribution in [0.3, 0.4) is 0 Å². The summed E-state index contributed by atoms with van der Waals surface area (Å²) < 4.78 is 36.4. The van der Waals surface area contributed by atoms with Crippen molar-refractivity contribution >= 4 is 23.0 Å². The topological polar surface area (TPSA) is 82.0 Å². The van der Waals surface area contributed by atoms with E-state index in [4.69, 9.17) is 17.3 Å². The second kappa shape index (κ2) is 3.54. The Kier molecular flexibility index (Phi) is 2.71. The SMILES string of the molecule is Nc1cc(C(F)(F)F)nc(Cl)c1[N+](=O)[O-]. The Labute approximate surface area is 85.8 Å². The number of nitrogen functional groups attached to an aromatic ring is 1. The summed E-state index contributed by atoms with van der Waals surface area (Å²) in [5.41, 5.74) is 2.19. The molecular formula is C6H3ClF3N3O2. The van der Waals surface area contributed by atoms with Crippen molar-refractivity contribution in [3.05, 3.63) is 27.0 Å². The normalized spacial score (nSPS) is 11.5. The minimum Gasteiger partial charge on any atom is -0.393 e. The lowest BCUT2D eigenvalue weighted by atomic mass is 10.3. The zero-order valence-corrected chi connectivity index (χ0v) is 7.63. The van der Waals surface area contributed by atoms with E-state index in [0.717, 1.165) is 0 Å². The van der Waals surface area contributed by atoms with Crippen molar-refractivity contribution in [3.8, 4) is 0 Å². The Balaban J connectivity index is 3.39. The maximum absolute atomic E-state index is 12.1. The van der Waals surface area contributed by atoms with Crippen LogP contribution in [0.4, 0.5) is 24.5 Å². The molecule has 0 spiro atoms. The molecule has 0 atom stereocenters. The van der Waals surface area contributed by atoms with E-state index in [2.05, 4.69) is 4.98 Å². The Bertz CT molecular complexity index is 398. The van der Waals surface area contributed by atoms with Crippen LogP contribution in [-0.2, 0) is 6.18 Å². The first-order chi connectivity index (χ1) is 6.73. The average molecular weight is 242 g/mol. The number of pyridine rings is 1. The molecule has 0 fully saturated rings. The van der Waals surface area contributed by atoms with Gasteiger partial charge in [-0.3, -0.25) is 10.1 Å². The molecule has 1 rings (SSSR count). The predicted octanol–water partition coefficient (Wildman–Crippen LogP) is 2.24. The minimum absolute atomic E-state index is 0.365. The van der Waals surface area contributed by atoms with Gasteiger partial charge < -0.3 is 5.73 Å². The molecule has 0 aliphatic heterocycles. The molecule has 1 heterocycles. The highest BCUT2D eigenvalue weighted by molar-refractivity contribution is 6.32. The molecule has 0 radical (unpaired) electrons. The highest BCUT2D eigenvalue weighted by Gasteiger charge is 2.35. The first-order valence-corrected chi connectivity index (χ1v) is 3.79. The molecule has 2 N–H and O–H groups in total. The molecule has 15 heavy (non-hydrogen) atoms. The van der Waals surface area contributed by atoms with Crippen LogP contribution in [0.2, 0.25) is 5.15 Å². The summed E-state index contributed by atoms with van der Waals surface area (Å²) in [5.74, 6) is 0. The van der Waals surface area contributed by atoms with Gasteiger partial charge in [-0.2, -0.15) is 13.2 Å². The highest BCUT2D eigenvalue weighted by Crippen LogP contribution is 2.35. The lowest BCUT2D eigenvalue weighted by Gasteiger charge is -2.07. The minimum atomic E-state index is -4.74. The predicted molar refractivity (Wildman–Crippen MR) is 45.3 cm³/mol. The van der Waals surface area contributed by atoms with E-state index in [1.165, 1.54) is 0 Å². The van der Waals surface area contributed by atoms with Gasteiger partial charge in [0.2, 0.25) is 5.15 Å². The number of aromatic nitrogens is 1. The molecule has 9 heteroatoms. The van der Waals surface area contributed by atoms with Gasteiger partial charge in [-0.05, 0) is 6.07 Å². The smallest absolute Gasteiger partial charge is 0.393 e. The summed E-state index contributed by atoms with van der Waals surface area (Å²) in [6.07, 6.45) is -4.74. The van der Waals surface area contributed by atoms with Crippen LogP contribution < -0.4 is 5.73 Å². The zero-order valence-electron chi connectivity index (χ0n) is 6.88. The van der Waals surface area contributed by atoms with Crippen molar-refractivity contribution in [1.29, 1.82) is 0 Å². The van der Waals surface area contributed by atoms with Gasteiger partial charge in [0.25, 0.3) is 0 Å². The van der Waals surface area contributed by atoms with E-state index < -0.39 is 33.3 Å². The van der Waals surface area contributed by atoms with Gasteiger partial charge in [-0.15, -0.1) is 0 Å². The molecule has 0 aliphatic rings. The quantitative estimate of drug-likeness (QED) is 0.464. The largest absolute Gasteiger partial charge is 0.433 e. The van der Waals surface area contributed by atoms with Gasteiger partial charge in [-0.1, -0.05) is 11.6 Å². The van der Waals surface area contributed by atoms with Crippen LogP contribution in [0, 0.1) is 10.1 Å². The molecule has 0 aromatic carbocycles. The fourth-order valence-electron chi connectivity index (χ4n) is 0.852. The molecule has 0 bridgehead atoms. The van der Waals surface area contributed by atoms with Gasteiger partial charge in [-0.25, -0.2) is 4.98 Å². The third-order valence-corrected chi connectivity index (χ3v) is 1.72. The molecule has 5 nitrogen and oxygen atoms in total. The van der Waals surface area contributed by atoms with Crippen molar-refractivity contribution in [2.75, 3.05) is 5.73 Å². The molecule has 0 saturated carbocycles. The van der Waals surface area contributed by atoms with E-state index >= 15 is 0 Å². The van der Waals surface area contributed by atoms with Crippen LogP contribution in [0.5, 0.6) is 0 Å². The van der Waals surface area contributed by atoms with Gasteiger partial charge in [0, 0.05) is 0 Å². The van der Waals surface area contributed by atoms with Crippen molar-refractivity contribution in [2.45, 2.75) is 6.18 Å². The molecule has 0 saturated heterocycles. The fourth-order valence-corrected chi connectivity index (χ4v) is 1.12. The number of hydrogen-bond acceptors (Lipinski definition) is 4. The molecule has 0 aliphatic carbocycles. The van der Waals surface area contributed by atoms with Crippen molar-refractivity contribution < 1.29 is 18.1 Å². The zero-order chi connectivity index (χ0) is 11.8. The van der Waals surface area contributed by atoms with Crippen LogP contribution >= 0.6 is 11.6 Å². The third kappa shape index (κ3) is 2.27. The van der Waals surface area contributed by atoms with Crippen LogP contribution in [-0.4, -0.2) is 9.91 Å². The number of hydrogen-bond donors (Lipinski definition) is 1. The Morgan fingerprint density at radius 2 is 2.07 bits per heavy atom. The highest BCUT2D eigenvalue weighted by atomic mass is 35.5. The number of nitrogens with zero attached hydrogens (tertiary/aromatic N) is 2. The van der Waals surface area contributed by atoms with Crippen LogP contribution in [0.1, 0.15) is 5.69 Å². The number of nitrogens with two attached hydrogens (primary N) is 1. The standard InChI is InChI=1S/C6H3ClF3N3O2/c7-5-4(13(14)15)2(11)1-3(12-5)6(8,9)10/h1H,(H2,11,12). The molecule has 1 aromatic rings. The van der Waals surface area contributed by atoms with E-state index in [1.807, 2.05) is 0 Å². The molecule has 0 unspecified atom stereocenters. The molecule has 82 valence electrons. The van der Waals surface area contributed by atoms with Crippen LogP contribution in [0.25, 0.3) is 0 Å². The lowest BCUT2D eigenvalue weighted by molar-refractivity contribution is -0.384. The Hall–Kier alpha value is -1.57. The summed E-state index contributed by atoms with van der Waals surface area (Å²) in [6.45, 7) is 0. The number of anilines is 1. The van der Waals surface area contributed by atoms with Gasteiger partial charge in [0.15, 0.2) is 0 Å². The van der Waals surface area contributed by atoms with Crippen molar-refractivity contribution in [1.82, 2.24) is 4.98 Å². The number of nitro groups is 1. The Morgan fingerprint density at radius 3 is 2.40 bits per heavy atom. The maximum atomic E-state index is 12.1. The van der Waals surface area contributed by atoms with Gasteiger partial charge in [0.05, 0.1) is 4.92 Å². The first kappa shape index (κ1) is 11.5. The molecule has 1 aromatic heterocycles. The lowest BCUT2D eigenvalue weighted by Crippen LogP contribution is -2.10. The summed E-state index contributed by atoms with van der Waals surface area (Å²) in [6, 6.07) is 0.365. The second-order valence-corrected chi connectivity index (χ2v) is 2.85. The van der Waals surface area contributed by atoms with E-state index in [9.17, 15) is 23.3 Å². The first-order valence-electron chi connectivity index (χ1n) is 3.41. The summed E-state index contributed by atoms with van der Waals surface area (Å²) >= 11 is 5.20. The Morgan fingerprint density at radius 1 is 1.53 bits per heavy atom. The van der Waals surface area contributed by atoms with Crippen molar-refractivity contribution in [3.63, 3.8) is 0 Å². The van der Waals surface area contributed by atoms with E-state index in [-0.39, 0.29) is 0 Å². The van der Waals surface area contributed by atoms with E-state index in [0.29, 0.717) is 6.07 Å². The summed E-state index contributed by atoms with van der Waals surface area (Å²) in [4.78, 5) is 12.2. The average Bonchev–Trinajstić information content (AvgIpc) is 1.99. The van der Waals surface area contributed by atoms with Crippen LogP contribution in [0.15, 0.2) is 6.07 Å². The third-order valence-electron chi connectivity index (χ3n) is 1.45. The van der Waals surface area contributed by atoms with Crippen molar-refractivity contribution in [2.24, 2.45) is 0 Å².